The number of benzene rings is 2. The van der Waals surface area contributed by atoms with E-state index in [9.17, 15) is 4.79 Å². The number of aromatic nitrogens is 3. The summed E-state index contributed by atoms with van der Waals surface area (Å²) in [5.74, 6) is 2.51. The summed E-state index contributed by atoms with van der Waals surface area (Å²) in [6.45, 7) is 3.72. The number of amides is 1. The summed E-state index contributed by atoms with van der Waals surface area (Å²) < 4.78 is 6.62. The third-order valence-electron chi connectivity index (χ3n) is 4.62. The van der Waals surface area contributed by atoms with Gasteiger partial charge < -0.3 is 10.1 Å². The normalized spacial score (nSPS) is 14.5. The topological polar surface area (TPSA) is 79.9 Å². The van der Waals surface area contributed by atoms with Crippen LogP contribution in [0.1, 0.15) is 37.1 Å². The number of nitrogens with zero attached hydrogens (tertiary/aromatic N) is 2. The standard InChI is InChI=1S/C21H21BrN4O2/c1-12-6-9-18(17(22)10-12)28-13(2)21(27)23-16-5-3-4-15(11-16)20-24-19(25-26-20)14-7-8-14/h3-6,9-11,13-14H,7-8H2,1-2H3,(H,23,27)(H,24,25,26). The molecule has 144 valence electrons. The fourth-order valence-corrected chi connectivity index (χ4v) is 3.45. The Morgan fingerprint density at radius 2 is 2.11 bits per heavy atom. The Labute approximate surface area is 171 Å². The van der Waals surface area contributed by atoms with Gasteiger partial charge in [0.1, 0.15) is 11.6 Å². The Morgan fingerprint density at radius 1 is 1.29 bits per heavy atom. The quantitative estimate of drug-likeness (QED) is 0.575. The fraction of sp³-hybridized carbons (Fsp3) is 0.286. The van der Waals surface area contributed by atoms with Crippen molar-refractivity contribution in [3.05, 3.63) is 58.3 Å². The second-order valence-corrected chi connectivity index (χ2v) is 7.94. The second kappa shape index (κ2) is 7.75. The zero-order valence-corrected chi connectivity index (χ0v) is 17.3. The van der Waals surface area contributed by atoms with E-state index in [1.807, 2.05) is 49.4 Å². The third kappa shape index (κ3) is 4.25. The molecule has 0 spiro atoms. The van der Waals surface area contributed by atoms with E-state index in [2.05, 4.69) is 36.4 Å². The van der Waals surface area contributed by atoms with Gasteiger partial charge in [-0.2, -0.15) is 5.10 Å². The predicted molar refractivity (Wildman–Crippen MR) is 111 cm³/mol. The lowest BCUT2D eigenvalue weighted by molar-refractivity contribution is -0.122. The number of nitrogens with one attached hydrogen (secondary N) is 2. The van der Waals surface area contributed by atoms with Crippen LogP contribution in [0, 0.1) is 6.92 Å². The van der Waals surface area contributed by atoms with E-state index >= 15 is 0 Å². The van der Waals surface area contributed by atoms with E-state index in [-0.39, 0.29) is 5.91 Å². The highest BCUT2D eigenvalue weighted by Gasteiger charge is 2.27. The van der Waals surface area contributed by atoms with Gasteiger partial charge in [0.15, 0.2) is 11.9 Å². The maximum Gasteiger partial charge on any atom is 0.265 e. The summed E-state index contributed by atoms with van der Waals surface area (Å²) >= 11 is 3.47. The summed E-state index contributed by atoms with van der Waals surface area (Å²) in [6, 6.07) is 13.3. The largest absolute Gasteiger partial charge is 0.480 e. The Kier molecular flexibility index (Phi) is 5.17. The molecule has 2 aromatic carbocycles. The van der Waals surface area contributed by atoms with Crippen LogP contribution in [0.5, 0.6) is 5.75 Å². The van der Waals surface area contributed by atoms with Gasteiger partial charge in [0.05, 0.1) is 4.47 Å². The van der Waals surface area contributed by atoms with Gasteiger partial charge in [-0.25, -0.2) is 4.98 Å². The molecule has 6 nitrogen and oxygen atoms in total. The van der Waals surface area contributed by atoms with E-state index in [4.69, 9.17) is 4.74 Å². The number of carbonyl (C=O) groups is 1. The Morgan fingerprint density at radius 3 is 2.86 bits per heavy atom. The molecule has 0 bridgehead atoms. The summed E-state index contributed by atoms with van der Waals surface area (Å²) in [6.07, 6.45) is 1.69. The van der Waals surface area contributed by atoms with Crippen molar-refractivity contribution in [2.45, 2.75) is 38.7 Å². The second-order valence-electron chi connectivity index (χ2n) is 7.08. The molecule has 7 heteroatoms. The zero-order chi connectivity index (χ0) is 19.7. The molecule has 1 unspecified atom stereocenters. The van der Waals surface area contributed by atoms with Crippen LogP contribution in [0.4, 0.5) is 5.69 Å². The lowest BCUT2D eigenvalue weighted by Crippen LogP contribution is -2.30. The molecule has 0 aliphatic heterocycles. The van der Waals surface area contributed by atoms with Crippen LogP contribution in [0.2, 0.25) is 0 Å². The van der Waals surface area contributed by atoms with Crippen molar-refractivity contribution >= 4 is 27.5 Å². The summed E-state index contributed by atoms with van der Waals surface area (Å²) in [5, 5.41) is 10.2. The summed E-state index contributed by atoms with van der Waals surface area (Å²) in [7, 11) is 0. The number of hydrogen-bond acceptors (Lipinski definition) is 4. The molecule has 1 fully saturated rings. The maximum atomic E-state index is 12.6. The molecule has 1 aliphatic carbocycles. The van der Waals surface area contributed by atoms with Crippen molar-refractivity contribution in [3.8, 4) is 17.1 Å². The SMILES string of the molecule is Cc1ccc(OC(C)C(=O)Nc2cccc(-c3n[nH]c(C4CC4)n3)c2)c(Br)c1. The fourth-order valence-electron chi connectivity index (χ4n) is 2.87. The van der Waals surface area contributed by atoms with Gasteiger partial charge in [-0.1, -0.05) is 18.2 Å². The molecule has 28 heavy (non-hydrogen) atoms. The number of aromatic amines is 1. The molecular weight excluding hydrogens is 420 g/mol. The molecule has 1 aliphatic rings. The van der Waals surface area contributed by atoms with Crippen LogP contribution in [-0.2, 0) is 4.79 Å². The minimum Gasteiger partial charge on any atom is -0.480 e. The molecule has 2 N–H and O–H groups in total. The van der Waals surface area contributed by atoms with Crippen molar-refractivity contribution in [1.29, 1.82) is 0 Å². The lowest BCUT2D eigenvalue weighted by atomic mass is 10.2. The molecule has 0 radical (unpaired) electrons. The molecule has 3 aromatic rings. The van der Waals surface area contributed by atoms with E-state index in [0.717, 1.165) is 21.4 Å². The predicted octanol–water partition coefficient (Wildman–Crippen LogP) is 4.83. The number of hydrogen-bond donors (Lipinski definition) is 2. The van der Waals surface area contributed by atoms with E-state index in [1.54, 1.807) is 6.92 Å². The van der Waals surface area contributed by atoms with Gasteiger partial charge in [-0.05, 0) is 72.4 Å². The first-order valence-electron chi connectivity index (χ1n) is 9.26. The van der Waals surface area contributed by atoms with Crippen molar-refractivity contribution in [2.24, 2.45) is 0 Å². The van der Waals surface area contributed by atoms with Gasteiger partial charge in [0.2, 0.25) is 0 Å². The number of rotatable bonds is 6. The van der Waals surface area contributed by atoms with Gasteiger partial charge >= 0.3 is 0 Å². The number of aryl methyl sites for hydroxylation is 1. The molecule has 4 rings (SSSR count). The van der Waals surface area contributed by atoms with Gasteiger partial charge in [0.25, 0.3) is 5.91 Å². The highest BCUT2D eigenvalue weighted by molar-refractivity contribution is 9.10. The highest BCUT2D eigenvalue weighted by Crippen LogP contribution is 2.38. The van der Waals surface area contributed by atoms with Crippen LogP contribution < -0.4 is 10.1 Å². The lowest BCUT2D eigenvalue weighted by Gasteiger charge is -2.16. The first kappa shape index (κ1) is 18.7. The molecule has 1 atom stereocenters. The number of anilines is 1. The maximum absolute atomic E-state index is 12.6. The smallest absolute Gasteiger partial charge is 0.265 e. The van der Waals surface area contributed by atoms with Crippen LogP contribution in [0.15, 0.2) is 46.9 Å². The average Bonchev–Trinajstić information content (AvgIpc) is 3.41. The van der Waals surface area contributed by atoms with Crippen molar-refractivity contribution in [1.82, 2.24) is 15.2 Å². The number of halogens is 1. The third-order valence-corrected chi connectivity index (χ3v) is 5.24. The summed E-state index contributed by atoms with van der Waals surface area (Å²) in [4.78, 5) is 17.1. The van der Waals surface area contributed by atoms with E-state index < -0.39 is 6.10 Å². The molecular formula is C21H21BrN4O2. The van der Waals surface area contributed by atoms with Crippen molar-refractivity contribution < 1.29 is 9.53 Å². The van der Waals surface area contributed by atoms with Crippen LogP contribution >= 0.6 is 15.9 Å². The average molecular weight is 441 g/mol. The summed E-state index contributed by atoms with van der Waals surface area (Å²) in [5.41, 5.74) is 2.65. The first-order valence-corrected chi connectivity index (χ1v) is 10.1. The Bertz CT molecular complexity index is 1010. The number of carbonyl (C=O) groups excluding carboxylic acids is 1. The van der Waals surface area contributed by atoms with Crippen molar-refractivity contribution in [3.63, 3.8) is 0 Å². The van der Waals surface area contributed by atoms with Gasteiger partial charge in [0, 0.05) is 17.2 Å². The highest BCUT2D eigenvalue weighted by atomic mass is 79.9. The number of ether oxygens (including phenoxy) is 1. The van der Waals surface area contributed by atoms with Crippen LogP contribution in [-0.4, -0.2) is 27.2 Å². The first-order chi connectivity index (χ1) is 13.5. The van der Waals surface area contributed by atoms with E-state index in [0.29, 0.717) is 23.2 Å². The Balaban J connectivity index is 1.43. The molecule has 0 saturated heterocycles. The molecule has 1 heterocycles. The minimum atomic E-state index is -0.646. The molecule has 1 amide bonds. The van der Waals surface area contributed by atoms with Crippen LogP contribution in [0.3, 0.4) is 0 Å². The molecule has 1 saturated carbocycles. The van der Waals surface area contributed by atoms with Crippen LogP contribution in [0.25, 0.3) is 11.4 Å². The Hall–Kier alpha value is -2.67. The van der Waals surface area contributed by atoms with Crippen molar-refractivity contribution in [2.75, 3.05) is 5.32 Å². The number of H-pyrrole nitrogens is 1. The van der Waals surface area contributed by atoms with E-state index in [1.165, 1.54) is 12.8 Å². The monoisotopic (exact) mass is 440 g/mol. The van der Waals surface area contributed by atoms with Gasteiger partial charge in [-0.15, -0.1) is 0 Å². The minimum absolute atomic E-state index is 0.224. The van der Waals surface area contributed by atoms with Gasteiger partial charge in [-0.3, -0.25) is 9.89 Å². The zero-order valence-electron chi connectivity index (χ0n) is 15.7. The molecule has 1 aromatic heterocycles.